The van der Waals surface area contributed by atoms with Gasteiger partial charge in [-0.15, -0.1) is 0 Å². The van der Waals surface area contributed by atoms with Crippen molar-refractivity contribution in [3.05, 3.63) is 24.3 Å². The van der Waals surface area contributed by atoms with E-state index in [1.807, 2.05) is 24.3 Å². The predicted molar refractivity (Wildman–Crippen MR) is 76.6 cm³/mol. The van der Waals surface area contributed by atoms with Crippen molar-refractivity contribution >= 4 is 22.7 Å². The molecule has 3 N–H and O–H groups in total. The van der Waals surface area contributed by atoms with E-state index in [2.05, 4.69) is 32.4 Å². The number of nitrogen functional groups attached to an aromatic ring is 1. The number of nitrogens with zero attached hydrogens (tertiary/aromatic N) is 4. The Hall–Kier alpha value is -1.92. The highest BCUT2D eigenvalue weighted by Gasteiger charge is 2.15. The van der Waals surface area contributed by atoms with Gasteiger partial charge in [0.25, 0.3) is 0 Å². The fourth-order valence-corrected chi connectivity index (χ4v) is 2.25. The van der Waals surface area contributed by atoms with Gasteiger partial charge < -0.3 is 16.1 Å². The van der Waals surface area contributed by atoms with Crippen LogP contribution in [0.1, 0.15) is 0 Å². The van der Waals surface area contributed by atoms with Crippen LogP contribution < -0.4 is 11.2 Å². The van der Waals surface area contributed by atoms with E-state index in [0.717, 1.165) is 42.9 Å². The van der Waals surface area contributed by atoms with Crippen LogP contribution in [0.2, 0.25) is 0 Å². The Balaban J connectivity index is 1.88. The first-order valence-corrected chi connectivity index (χ1v) is 6.45. The summed E-state index contributed by atoms with van der Waals surface area (Å²) < 4.78 is 0. The SMILES string of the molecule is CN1CCN(Nc2nc(N)nc3ccccc23)CC1. The van der Waals surface area contributed by atoms with E-state index in [1.54, 1.807) is 0 Å². The third-order valence-corrected chi connectivity index (χ3v) is 3.39. The third kappa shape index (κ3) is 2.59. The number of aromatic nitrogens is 2. The van der Waals surface area contributed by atoms with Crippen molar-refractivity contribution < 1.29 is 0 Å². The molecule has 0 spiro atoms. The van der Waals surface area contributed by atoms with Crippen LogP contribution in [0.15, 0.2) is 24.3 Å². The molecular weight excluding hydrogens is 240 g/mol. The Morgan fingerprint density at radius 1 is 1.11 bits per heavy atom. The highest BCUT2D eigenvalue weighted by molar-refractivity contribution is 5.89. The second kappa shape index (κ2) is 4.99. The molecule has 0 aliphatic carbocycles. The lowest BCUT2D eigenvalue weighted by Gasteiger charge is -2.32. The molecule has 0 amide bonds. The van der Waals surface area contributed by atoms with Gasteiger partial charge in [0, 0.05) is 31.6 Å². The summed E-state index contributed by atoms with van der Waals surface area (Å²) in [6.45, 7) is 4.03. The molecule has 0 radical (unpaired) electrons. The van der Waals surface area contributed by atoms with E-state index in [0.29, 0.717) is 5.95 Å². The standard InChI is InChI=1S/C13H18N6/c1-18-6-8-19(9-7-18)17-12-10-4-2-3-5-11(10)15-13(14)16-12/h2-5H,6-9H2,1H3,(H3,14,15,16,17). The summed E-state index contributed by atoms with van der Waals surface area (Å²) in [7, 11) is 2.13. The molecule has 1 aromatic carbocycles. The van der Waals surface area contributed by atoms with Crippen molar-refractivity contribution in [2.45, 2.75) is 0 Å². The van der Waals surface area contributed by atoms with Gasteiger partial charge in [-0.2, -0.15) is 4.98 Å². The number of anilines is 2. The molecule has 1 aromatic heterocycles. The number of piperazine rings is 1. The van der Waals surface area contributed by atoms with Crippen molar-refractivity contribution in [3.63, 3.8) is 0 Å². The Morgan fingerprint density at radius 3 is 2.63 bits per heavy atom. The lowest BCUT2D eigenvalue weighted by Crippen LogP contribution is -2.47. The first kappa shape index (κ1) is 12.1. The fraction of sp³-hybridized carbons (Fsp3) is 0.385. The Morgan fingerprint density at radius 2 is 1.84 bits per heavy atom. The van der Waals surface area contributed by atoms with Gasteiger partial charge in [-0.1, -0.05) is 12.1 Å². The molecule has 1 saturated heterocycles. The molecule has 0 bridgehead atoms. The van der Waals surface area contributed by atoms with Crippen molar-refractivity contribution in [2.75, 3.05) is 44.4 Å². The first-order valence-electron chi connectivity index (χ1n) is 6.45. The van der Waals surface area contributed by atoms with E-state index >= 15 is 0 Å². The zero-order valence-electron chi connectivity index (χ0n) is 11.0. The third-order valence-electron chi connectivity index (χ3n) is 3.39. The zero-order chi connectivity index (χ0) is 13.2. The summed E-state index contributed by atoms with van der Waals surface area (Å²) in [4.78, 5) is 10.9. The lowest BCUT2D eigenvalue weighted by molar-refractivity contribution is 0.178. The predicted octanol–water partition coefficient (Wildman–Crippen LogP) is 0.786. The summed E-state index contributed by atoms with van der Waals surface area (Å²) in [5.41, 5.74) is 9.99. The van der Waals surface area contributed by atoms with Crippen LogP contribution in [0.3, 0.4) is 0 Å². The van der Waals surface area contributed by atoms with Crippen LogP contribution in [-0.2, 0) is 0 Å². The molecule has 2 aromatic rings. The summed E-state index contributed by atoms with van der Waals surface area (Å²) in [5.74, 6) is 1.09. The molecule has 0 unspecified atom stereocenters. The van der Waals surface area contributed by atoms with Gasteiger partial charge in [0.15, 0.2) is 5.82 Å². The van der Waals surface area contributed by atoms with Gasteiger partial charge in [0.05, 0.1) is 5.52 Å². The average Bonchev–Trinajstić information content (AvgIpc) is 2.41. The highest BCUT2D eigenvalue weighted by Crippen LogP contribution is 2.21. The lowest BCUT2D eigenvalue weighted by atomic mass is 10.2. The monoisotopic (exact) mass is 258 g/mol. The molecule has 1 aliphatic rings. The maximum absolute atomic E-state index is 5.76. The van der Waals surface area contributed by atoms with Gasteiger partial charge in [-0.3, -0.25) is 0 Å². The maximum atomic E-state index is 5.76. The van der Waals surface area contributed by atoms with Crippen molar-refractivity contribution in [3.8, 4) is 0 Å². The summed E-state index contributed by atoms with van der Waals surface area (Å²) in [5, 5.41) is 3.17. The molecular formula is C13H18N6. The number of benzene rings is 1. The van der Waals surface area contributed by atoms with Crippen LogP contribution in [0, 0.1) is 0 Å². The molecule has 3 rings (SSSR count). The van der Waals surface area contributed by atoms with E-state index < -0.39 is 0 Å². The molecule has 6 heteroatoms. The average molecular weight is 258 g/mol. The Labute approximate surface area is 112 Å². The molecule has 1 fully saturated rings. The number of hydrogen-bond donors (Lipinski definition) is 2. The topological polar surface area (TPSA) is 70.3 Å². The van der Waals surface area contributed by atoms with E-state index in [9.17, 15) is 0 Å². The van der Waals surface area contributed by atoms with Gasteiger partial charge >= 0.3 is 0 Å². The minimum Gasteiger partial charge on any atom is -0.368 e. The normalized spacial score (nSPS) is 17.7. The molecule has 2 heterocycles. The van der Waals surface area contributed by atoms with Crippen molar-refractivity contribution in [1.82, 2.24) is 19.9 Å². The molecule has 1 aliphatic heterocycles. The number of hydrogen-bond acceptors (Lipinski definition) is 6. The first-order chi connectivity index (χ1) is 9.22. The maximum Gasteiger partial charge on any atom is 0.222 e. The second-order valence-corrected chi connectivity index (χ2v) is 4.85. The Kier molecular flexibility index (Phi) is 3.18. The fourth-order valence-electron chi connectivity index (χ4n) is 2.25. The molecule has 6 nitrogen and oxygen atoms in total. The number of nitrogens with two attached hydrogens (primary N) is 1. The Bertz CT molecular complexity index is 576. The van der Waals surface area contributed by atoms with Gasteiger partial charge in [0.1, 0.15) is 0 Å². The molecule has 0 atom stereocenters. The van der Waals surface area contributed by atoms with Crippen LogP contribution >= 0.6 is 0 Å². The number of rotatable bonds is 2. The van der Waals surface area contributed by atoms with E-state index in [1.165, 1.54) is 0 Å². The number of fused-ring (bicyclic) bond motifs is 1. The summed E-state index contributed by atoms with van der Waals surface area (Å²) in [6.07, 6.45) is 0. The molecule has 0 saturated carbocycles. The van der Waals surface area contributed by atoms with Crippen LogP contribution in [0.5, 0.6) is 0 Å². The quantitative estimate of drug-likeness (QED) is 0.830. The van der Waals surface area contributed by atoms with Crippen LogP contribution in [0.4, 0.5) is 11.8 Å². The van der Waals surface area contributed by atoms with Gasteiger partial charge in [-0.05, 0) is 19.2 Å². The highest BCUT2D eigenvalue weighted by atomic mass is 15.5. The van der Waals surface area contributed by atoms with Crippen LogP contribution in [0.25, 0.3) is 10.9 Å². The summed E-state index contributed by atoms with van der Waals surface area (Å²) >= 11 is 0. The molecule has 19 heavy (non-hydrogen) atoms. The smallest absolute Gasteiger partial charge is 0.222 e. The van der Waals surface area contributed by atoms with Gasteiger partial charge in [0.2, 0.25) is 5.95 Å². The summed E-state index contributed by atoms with van der Waals surface area (Å²) in [6, 6.07) is 7.89. The number of hydrazine groups is 1. The van der Waals surface area contributed by atoms with Crippen molar-refractivity contribution in [1.29, 1.82) is 0 Å². The minimum absolute atomic E-state index is 0.301. The van der Waals surface area contributed by atoms with Crippen molar-refractivity contribution in [2.24, 2.45) is 0 Å². The van der Waals surface area contributed by atoms with E-state index in [-0.39, 0.29) is 0 Å². The number of likely N-dealkylation sites (N-methyl/N-ethyl adjacent to an activating group) is 1. The van der Waals surface area contributed by atoms with Gasteiger partial charge in [-0.25, -0.2) is 9.99 Å². The molecule has 100 valence electrons. The second-order valence-electron chi connectivity index (χ2n) is 4.85. The number of para-hydroxylation sites is 1. The minimum atomic E-state index is 0.301. The van der Waals surface area contributed by atoms with E-state index in [4.69, 9.17) is 5.73 Å². The number of nitrogens with one attached hydrogen (secondary N) is 1. The largest absolute Gasteiger partial charge is 0.368 e. The van der Waals surface area contributed by atoms with Crippen LogP contribution in [-0.4, -0.2) is 53.1 Å². The zero-order valence-corrected chi connectivity index (χ0v) is 11.0.